The van der Waals surface area contributed by atoms with E-state index in [9.17, 15) is 4.79 Å². The predicted molar refractivity (Wildman–Crippen MR) is 65.1 cm³/mol. The molecule has 86 valence electrons. The van der Waals surface area contributed by atoms with Crippen LogP contribution >= 0.6 is 15.9 Å². The summed E-state index contributed by atoms with van der Waals surface area (Å²) in [5.74, 6) is -0.207. The Morgan fingerprint density at radius 2 is 2.38 bits per heavy atom. The van der Waals surface area contributed by atoms with Crippen molar-refractivity contribution >= 4 is 21.8 Å². The lowest BCUT2D eigenvalue weighted by molar-refractivity contribution is 0.0737. The molecule has 5 heteroatoms. The van der Waals surface area contributed by atoms with Crippen molar-refractivity contribution in [3.63, 3.8) is 0 Å². The molecule has 0 saturated heterocycles. The third kappa shape index (κ3) is 3.43. The van der Waals surface area contributed by atoms with Gasteiger partial charge >= 0.3 is 0 Å². The Balaban J connectivity index is 2.80. The highest BCUT2D eigenvalue weighted by atomic mass is 79.9. The SMILES string of the molecule is C=CCN(CCO)C(=O)c1ccc(Br)cn1. The van der Waals surface area contributed by atoms with Crippen molar-refractivity contribution < 1.29 is 9.90 Å². The van der Waals surface area contributed by atoms with Crippen LogP contribution in [-0.2, 0) is 0 Å². The molecule has 16 heavy (non-hydrogen) atoms. The van der Waals surface area contributed by atoms with Crippen molar-refractivity contribution in [1.29, 1.82) is 0 Å². The second kappa shape index (κ2) is 6.40. The normalized spacial score (nSPS) is 9.88. The van der Waals surface area contributed by atoms with E-state index in [1.165, 1.54) is 4.90 Å². The number of halogens is 1. The molecule has 1 heterocycles. The predicted octanol–water partition coefficient (Wildman–Crippen LogP) is 1.46. The molecule has 4 nitrogen and oxygen atoms in total. The van der Waals surface area contributed by atoms with Crippen LogP contribution in [0.15, 0.2) is 35.5 Å². The van der Waals surface area contributed by atoms with Gasteiger partial charge in [-0.3, -0.25) is 4.79 Å². The summed E-state index contributed by atoms with van der Waals surface area (Å²) >= 11 is 3.25. The molecule has 1 rings (SSSR count). The topological polar surface area (TPSA) is 53.4 Å². The first kappa shape index (κ1) is 12.9. The fourth-order valence-corrected chi connectivity index (χ4v) is 1.45. The van der Waals surface area contributed by atoms with Crippen molar-refractivity contribution in [2.75, 3.05) is 19.7 Å². The maximum Gasteiger partial charge on any atom is 0.272 e. The molecule has 1 N–H and O–H groups in total. The van der Waals surface area contributed by atoms with Gasteiger partial charge in [-0.15, -0.1) is 6.58 Å². The highest BCUT2D eigenvalue weighted by Gasteiger charge is 2.14. The van der Waals surface area contributed by atoms with Crippen LogP contribution in [0.2, 0.25) is 0 Å². The van der Waals surface area contributed by atoms with Crippen LogP contribution in [-0.4, -0.2) is 40.6 Å². The quantitative estimate of drug-likeness (QED) is 0.833. The first-order valence-corrected chi connectivity index (χ1v) is 5.61. The minimum atomic E-state index is -0.207. The van der Waals surface area contributed by atoms with E-state index in [-0.39, 0.29) is 19.1 Å². The third-order valence-electron chi connectivity index (χ3n) is 1.95. The van der Waals surface area contributed by atoms with Gasteiger partial charge in [0.25, 0.3) is 5.91 Å². The standard InChI is InChI=1S/C11H13BrN2O2/c1-2-5-14(6-7-15)11(16)10-4-3-9(12)8-13-10/h2-4,8,15H,1,5-7H2. The third-order valence-corrected chi connectivity index (χ3v) is 2.42. The summed E-state index contributed by atoms with van der Waals surface area (Å²) in [4.78, 5) is 17.4. The van der Waals surface area contributed by atoms with Crippen molar-refractivity contribution in [1.82, 2.24) is 9.88 Å². The monoisotopic (exact) mass is 284 g/mol. The number of aromatic nitrogens is 1. The number of aliphatic hydroxyl groups is 1. The van der Waals surface area contributed by atoms with E-state index in [2.05, 4.69) is 27.5 Å². The van der Waals surface area contributed by atoms with Gasteiger partial charge in [0.05, 0.1) is 6.61 Å². The highest BCUT2D eigenvalue weighted by molar-refractivity contribution is 9.10. The molecule has 0 aliphatic carbocycles. The van der Waals surface area contributed by atoms with Crippen molar-refractivity contribution in [3.8, 4) is 0 Å². The van der Waals surface area contributed by atoms with Gasteiger partial charge < -0.3 is 10.0 Å². The van der Waals surface area contributed by atoms with Crippen LogP contribution in [0.4, 0.5) is 0 Å². The molecule has 1 amide bonds. The van der Waals surface area contributed by atoms with Crippen LogP contribution < -0.4 is 0 Å². The van der Waals surface area contributed by atoms with Gasteiger partial charge in [0.15, 0.2) is 0 Å². The maximum atomic E-state index is 11.9. The van der Waals surface area contributed by atoms with Gasteiger partial charge in [-0.2, -0.15) is 0 Å². The van der Waals surface area contributed by atoms with Crippen molar-refractivity contribution in [2.24, 2.45) is 0 Å². The zero-order valence-electron chi connectivity index (χ0n) is 8.77. The smallest absolute Gasteiger partial charge is 0.272 e. The molecule has 0 aliphatic heterocycles. The minimum absolute atomic E-state index is 0.0733. The van der Waals surface area contributed by atoms with Gasteiger partial charge in [0.1, 0.15) is 5.69 Å². The molecular weight excluding hydrogens is 272 g/mol. The van der Waals surface area contributed by atoms with Crippen LogP contribution in [0.25, 0.3) is 0 Å². The van der Waals surface area contributed by atoms with Gasteiger partial charge in [-0.25, -0.2) is 4.98 Å². The van der Waals surface area contributed by atoms with E-state index in [1.807, 2.05) is 0 Å². The molecule has 1 aromatic heterocycles. The van der Waals surface area contributed by atoms with Gasteiger partial charge in [-0.1, -0.05) is 6.08 Å². The Kier molecular flexibility index (Phi) is 5.14. The van der Waals surface area contributed by atoms with Crippen LogP contribution in [0.1, 0.15) is 10.5 Å². The highest BCUT2D eigenvalue weighted by Crippen LogP contribution is 2.09. The Morgan fingerprint density at radius 3 is 2.88 bits per heavy atom. The Hall–Kier alpha value is -1.20. The molecular formula is C11H13BrN2O2. The molecule has 0 saturated carbocycles. The summed E-state index contributed by atoms with van der Waals surface area (Å²) in [7, 11) is 0. The zero-order chi connectivity index (χ0) is 12.0. The van der Waals surface area contributed by atoms with Gasteiger partial charge in [-0.05, 0) is 28.1 Å². The molecule has 0 spiro atoms. The lowest BCUT2D eigenvalue weighted by Gasteiger charge is -2.19. The number of nitrogens with zero attached hydrogens (tertiary/aromatic N) is 2. The zero-order valence-corrected chi connectivity index (χ0v) is 10.4. The van der Waals surface area contributed by atoms with E-state index in [1.54, 1.807) is 24.4 Å². The van der Waals surface area contributed by atoms with E-state index in [4.69, 9.17) is 5.11 Å². The number of rotatable bonds is 5. The van der Waals surface area contributed by atoms with Gasteiger partial charge in [0.2, 0.25) is 0 Å². The first-order chi connectivity index (χ1) is 7.69. The van der Waals surface area contributed by atoms with E-state index in [0.717, 1.165) is 4.47 Å². The number of hydrogen-bond donors (Lipinski definition) is 1. The molecule has 0 radical (unpaired) electrons. The molecule has 0 aliphatic rings. The summed E-state index contributed by atoms with van der Waals surface area (Å²) in [5, 5.41) is 8.85. The first-order valence-electron chi connectivity index (χ1n) is 4.81. The number of hydrogen-bond acceptors (Lipinski definition) is 3. The lowest BCUT2D eigenvalue weighted by atomic mass is 10.3. The largest absolute Gasteiger partial charge is 0.395 e. The maximum absolute atomic E-state index is 11.9. The van der Waals surface area contributed by atoms with Crippen molar-refractivity contribution in [2.45, 2.75) is 0 Å². The number of carbonyl (C=O) groups excluding carboxylic acids is 1. The van der Waals surface area contributed by atoms with E-state index < -0.39 is 0 Å². The van der Waals surface area contributed by atoms with Gasteiger partial charge in [0, 0.05) is 23.8 Å². The van der Waals surface area contributed by atoms with Crippen LogP contribution in [0.5, 0.6) is 0 Å². The summed E-state index contributed by atoms with van der Waals surface area (Å²) in [6, 6.07) is 3.39. The average Bonchev–Trinajstić information content (AvgIpc) is 2.29. The Labute approximate surface area is 103 Å². The minimum Gasteiger partial charge on any atom is -0.395 e. The second-order valence-corrected chi connectivity index (χ2v) is 4.04. The Bertz CT molecular complexity index is 365. The van der Waals surface area contributed by atoms with Crippen LogP contribution in [0, 0.1) is 0 Å². The molecule has 0 bridgehead atoms. The van der Waals surface area contributed by atoms with Crippen LogP contribution in [0.3, 0.4) is 0 Å². The molecule has 0 unspecified atom stereocenters. The second-order valence-electron chi connectivity index (χ2n) is 3.13. The summed E-state index contributed by atoms with van der Waals surface area (Å²) < 4.78 is 0.821. The average molecular weight is 285 g/mol. The van der Waals surface area contributed by atoms with E-state index in [0.29, 0.717) is 12.2 Å². The lowest BCUT2D eigenvalue weighted by Crippen LogP contribution is -2.34. The molecule has 0 atom stereocenters. The number of pyridine rings is 1. The Morgan fingerprint density at radius 1 is 1.62 bits per heavy atom. The van der Waals surface area contributed by atoms with E-state index >= 15 is 0 Å². The fourth-order valence-electron chi connectivity index (χ4n) is 1.22. The van der Waals surface area contributed by atoms with Crippen molar-refractivity contribution in [3.05, 3.63) is 41.2 Å². The fraction of sp³-hybridized carbons (Fsp3) is 0.273. The number of carbonyl (C=O) groups is 1. The number of aliphatic hydroxyl groups excluding tert-OH is 1. The molecule has 0 fully saturated rings. The molecule has 1 aromatic rings. The molecule has 0 aromatic carbocycles. The summed E-state index contributed by atoms with van der Waals surface area (Å²) in [6.07, 6.45) is 3.19. The summed E-state index contributed by atoms with van der Waals surface area (Å²) in [5.41, 5.74) is 0.360. The number of amides is 1. The summed E-state index contributed by atoms with van der Waals surface area (Å²) in [6.45, 7) is 4.18.